The number of halogens is 1. The van der Waals surface area contributed by atoms with E-state index in [-0.39, 0.29) is 24.2 Å². The van der Waals surface area contributed by atoms with Crippen molar-refractivity contribution in [2.24, 2.45) is 11.8 Å². The number of benzene rings is 1. The van der Waals surface area contributed by atoms with Gasteiger partial charge in [0.1, 0.15) is 0 Å². The van der Waals surface area contributed by atoms with E-state index in [4.69, 9.17) is 4.74 Å². The number of carbonyl (C=O) groups is 1. The van der Waals surface area contributed by atoms with Gasteiger partial charge in [-0.1, -0.05) is 26.3 Å². The van der Waals surface area contributed by atoms with E-state index in [0.29, 0.717) is 18.0 Å². The Balaban J connectivity index is 0.00000225. The summed E-state index contributed by atoms with van der Waals surface area (Å²) in [6.07, 6.45) is 3.68. The van der Waals surface area contributed by atoms with Gasteiger partial charge in [-0.05, 0) is 37.0 Å². The van der Waals surface area contributed by atoms with Crippen LogP contribution in [0.2, 0.25) is 0 Å². The molecule has 2 aliphatic rings. The fourth-order valence-corrected chi connectivity index (χ4v) is 3.70. The molecular weight excluding hydrogens is 338 g/mol. The number of ether oxygens (including phenoxy) is 1. The molecule has 25 heavy (non-hydrogen) atoms. The molecule has 3 atom stereocenters. The molecule has 1 aliphatic heterocycles. The van der Waals surface area contributed by atoms with Gasteiger partial charge in [0.2, 0.25) is 5.91 Å². The highest BCUT2D eigenvalue weighted by molar-refractivity contribution is 5.92. The second-order valence-corrected chi connectivity index (χ2v) is 7.21. The minimum atomic E-state index is -0.0156. The standard InChI is InChI=1S/C19H29N3O2.ClH/c1-13(2)19(23)22-15-6-3-5-14(11-15)21-17-8-4-7-16(17)18-12-24-10-9-20-18;/h3,5-6,11,13,16-18,20-21H,4,7-10,12H2,1-2H3,(H,22,23);1H. The average molecular weight is 368 g/mol. The average Bonchev–Trinajstić information content (AvgIpc) is 3.04. The zero-order chi connectivity index (χ0) is 16.9. The van der Waals surface area contributed by atoms with Crippen LogP contribution in [0.1, 0.15) is 33.1 Å². The van der Waals surface area contributed by atoms with Gasteiger partial charge < -0.3 is 20.7 Å². The molecule has 3 unspecified atom stereocenters. The second-order valence-electron chi connectivity index (χ2n) is 7.21. The van der Waals surface area contributed by atoms with Crippen LogP contribution in [0, 0.1) is 11.8 Å². The Morgan fingerprint density at radius 1 is 1.28 bits per heavy atom. The minimum absolute atomic E-state index is 0. The van der Waals surface area contributed by atoms with Crippen molar-refractivity contribution in [1.29, 1.82) is 0 Å². The highest BCUT2D eigenvalue weighted by Gasteiger charge is 2.34. The number of anilines is 2. The van der Waals surface area contributed by atoms with Crippen LogP contribution >= 0.6 is 12.4 Å². The highest BCUT2D eigenvalue weighted by atomic mass is 35.5. The summed E-state index contributed by atoms with van der Waals surface area (Å²) in [7, 11) is 0. The molecule has 2 fully saturated rings. The molecule has 3 N–H and O–H groups in total. The van der Waals surface area contributed by atoms with Gasteiger partial charge in [0.15, 0.2) is 0 Å². The summed E-state index contributed by atoms with van der Waals surface area (Å²) in [5, 5.41) is 10.3. The third-order valence-electron chi connectivity index (χ3n) is 5.04. The van der Waals surface area contributed by atoms with E-state index in [1.54, 1.807) is 0 Å². The second kappa shape index (κ2) is 9.41. The van der Waals surface area contributed by atoms with Crippen molar-refractivity contribution in [3.8, 4) is 0 Å². The molecule has 1 aromatic rings. The van der Waals surface area contributed by atoms with Crippen LogP contribution < -0.4 is 16.0 Å². The van der Waals surface area contributed by atoms with E-state index in [0.717, 1.165) is 31.1 Å². The Labute approximate surface area is 156 Å². The van der Waals surface area contributed by atoms with Crippen molar-refractivity contribution >= 4 is 29.7 Å². The van der Waals surface area contributed by atoms with E-state index in [2.05, 4.69) is 22.0 Å². The zero-order valence-electron chi connectivity index (χ0n) is 15.1. The molecule has 1 saturated heterocycles. The number of hydrogen-bond donors (Lipinski definition) is 3. The number of carbonyl (C=O) groups excluding carboxylic acids is 1. The molecule has 0 radical (unpaired) electrons. The highest BCUT2D eigenvalue weighted by Crippen LogP contribution is 2.32. The number of hydrogen-bond acceptors (Lipinski definition) is 4. The van der Waals surface area contributed by atoms with Crippen molar-refractivity contribution < 1.29 is 9.53 Å². The van der Waals surface area contributed by atoms with Gasteiger partial charge in [0.05, 0.1) is 13.2 Å². The first-order valence-electron chi connectivity index (χ1n) is 9.12. The first-order chi connectivity index (χ1) is 11.6. The van der Waals surface area contributed by atoms with Crippen LogP contribution in [0.5, 0.6) is 0 Å². The van der Waals surface area contributed by atoms with Crippen molar-refractivity contribution in [3.05, 3.63) is 24.3 Å². The predicted molar refractivity (Wildman–Crippen MR) is 105 cm³/mol. The molecule has 0 spiro atoms. The molecule has 5 nitrogen and oxygen atoms in total. The van der Waals surface area contributed by atoms with Crippen molar-refractivity contribution in [2.45, 2.75) is 45.2 Å². The fourth-order valence-electron chi connectivity index (χ4n) is 3.70. The lowest BCUT2D eigenvalue weighted by Gasteiger charge is -2.33. The summed E-state index contributed by atoms with van der Waals surface area (Å²) in [5.41, 5.74) is 1.93. The smallest absolute Gasteiger partial charge is 0.226 e. The molecule has 1 aliphatic carbocycles. The first-order valence-corrected chi connectivity index (χ1v) is 9.12. The van der Waals surface area contributed by atoms with Gasteiger partial charge in [0, 0.05) is 35.9 Å². The SMILES string of the molecule is CC(C)C(=O)Nc1cccc(NC2CCCC2C2COCCN2)c1.Cl. The van der Waals surface area contributed by atoms with Crippen molar-refractivity contribution in [2.75, 3.05) is 30.4 Å². The molecular formula is C19H30ClN3O2. The van der Waals surface area contributed by atoms with E-state index in [9.17, 15) is 4.79 Å². The van der Waals surface area contributed by atoms with Gasteiger partial charge in [-0.15, -0.1) is 12.4 Å². The summed E-state index contributed by atoms with van der Waals surface area (Å²) in [6.45, 7) is 6.39. The Morgan fingerprint density at radius 2 is 2.08 bits per heavy atom. The van der Waals surface area contributed by atoms with Crippen LogP contribution in [0.25, 0.3) is 0 Å². The van der Waals surface area contributed by atoms with Gasteiger partial charge >= 0.3 is 0 Å². The third kappa shape index (κ3) is 5.33. The van der Waals surface area contributed by atoms with Crippen LogP contribution in [0.15, 0.2) is 24.3 Å². The molecule has 140 valence electrons. The number of nitrogens with one attached hydrogen (secondary N) is 3. The lowest BCUT2D eigenvalue weighted by atomic mass is 9.94. The lowest BCUT2D eigenvalue weighted by molar-refractivity contribution is -0.118. The Hall–Kier alpha value is -1.30. The molecule has 1 amide bonds. The van der Waals surface area contributed by atoms with Crippen molar-refractivity contribution in [3.63, 3.8) is 0 Å². The predicted octanol–water partition coefficient (Wildman–Crippen LogP) is 3.27. The molecule has 0 bridgehead atoms. The van der Waals surface area contributed by atoms with Gasteiger partial charge in [0.25, 0.3) is 0 Å². The lowest BCUT2D eigenvalue weighted by Crippen LogP contribution is -2.49. The van der Waals surface area contributed by atoms with Gasteiger partial charge in [-0.25, -0.2) is 0 Å². The minimum Gasteiger partial charge on any atom is -0.382 e. The number of morpholine rings is 1. The van der Waals surface area contributed by atoms with Crippen molar-refractivity contribution in [1.82, 2.24) is 5.32 Å². The summed E-state index contributed by atoms with van der Waals surface area (Å²) in [6, 6.07) is 8.94. The molecule has 6 heteroatoms. The maximum Gasteiger partial charge on any atom is 0.226 e. The molecule has 1 heterocycles. The fraction of sp³-hybridized carbons (Fsp3) is 0.632. The monoisotopic (exact) mass is 367 g/mol. The van der Waals surface area contributed by atoms with E-state index < -0.39 is 0 Å². The maximum absolute atomic E-state index is 11.9. The normalized spacial score (nSPS) is 26.1. The molecule has 1 saturated carbocycles. The number of amides is 1. The Bertz CT molecular complexity index is 561. The quantitative estimate of drug-likeness (QED) is 0.747. The third-order valence-corrected chi connectivity index (χ3v) is 5.04. The zero-order valence-corrected chi connectivity index (χ0v) is 15.9. The molecule has 3 rings (SSSR count). The maximum atomic E-state index is 11.9. The van der Waals surface area contributed by atoms with E-state index in [1.165, 1.54) is 19.3 Å². The summed E-state index contributed by atoms with van der Waals surface area (Å²) >= 11 is 0. The summed E-state index contributed by atoms with van der Waals surface area (Å²) < 4.78 is 5.64. The Morgan fingerprint density at radius 3 is 2.80 bits per heavy atom. The number of rotatable bonds is 5. The summed E-state index contributed by atoms with van der Waals surface area (Å²) in [4.78, 5) is 11.9. The van der Waals surface area contributed by atoms with E-state index in [1.807, 2.05) is 32.0 Å². The largest absolute Gasteiger partial charge is 0.382 e. The van der Waals surface area contributed by atoms with Crippen LogP contribution in [0.3, 0.4) is 0 Å². The van der Waals surface area contributed by atoms with Crippen LogP contribution in [-0.4, -0.2) is 37.7 Å². The van der Waals surface area contributed by atoms with Gasteiger partial charge in [-0.3, -0.25) is 4.79 Å². The van der Waals surface area contributed by atoms with Crippen LogP contribution in [-0.2, 0) is 9.53 Å². The first kappa shape index (κ1) is 20.0. The molecule has 1 aromatic carbocycles. The van der Waals surface area contributed by atoms with Crippen LogP contribution in [0.4, 0.5) is 11.4 Å². The molecule has 0 aromatic heterocycles. The van der Waals surface area contributed by atoms with E-state index >= 15 is 0 Å². The topological polar surface area (TPSA) is 62.4 Å². The Kier molecular flexibility index (Phi) is 7.54. The summed E-state index contributed by atoms with van der Waals surface area (Å²) in [5.74, 6) is 0.631. The van der Waals surface area contributed by atoms with Gasteiger partial charge in [-0.2, -0.15) is 0 Å².